The highest BCUT2D eigenvalue weighted by atomic mass is 16.5. The second kappa shape index (κ2) is 3.57. The molecule has 0 aliphatic rings. The van der Waals surface area contributed by atoms with Gasteiger partial charge in [0.15, 0.2) is 0 Å². The third kappa shape index (κ3) is 1.58. The molecule has 0 amide bonds. The van der Waals surface area contributed by atoms with Crippen LogP contribution in [0.5, 0.6) is 5.75 Å². The monoisotopic (exact) mass is 204 g/mol. The third-order valence-electron chi connectivity index (χ3n) is 2.64. The number of aromatic nitrogens is 2. The molecule has 0 fully saturated rings. The molecule has 0 spiro atoms. The van der Waals surface area contributed by atoms with Gasteiger partial charge in [0.05, 0.1) is 18.1 Å². The average molecular weight is 204 g/mol. The van der Waals surface area contributed by atoms with Crippen molar-refractivity contribution in [1.82, 2.24) is 9.55 Å². The minimum atomic E-state index is 0.438. The summed E-state index contributed by atoms with van der Waals surface area (Å²) >= 11 is 0. The number of fused-ring (bicyclic) bond motifs is 1. The second-order valence-electron chi connectivity index (χ2n) is 4.04. The number of rotatable bonds is 2. The van der Waals surface area contributed by atoms with Gasteiger partial charge in [-0.25, -0.2) is 4.98 Å². The molecule has 0 radical (unpaired) electrons. The molecule has 2 aromatic rings. The Bertz CT molecular complexity index is 486. The zero-order valence-corrected chi connectivity index (χ0v) is 9.61. The molecule has 0 aliphatic carbocycles. The van der Waals surface area contributed by atoms with Crippen LogP contribution in [-0.2, 0) is 7.05 Å². The van der Waals surface area contributed by atoms with E-state index in [0.717, 1.165) is 22.6 Å². The van der Waals surface area contributed by atoms with Gasteiger partial charge in [0, 0.05) is 19.0 Å². The molecule has 2 rings (SSSR count). The van der Waals surface area contributed by atoms with Crippen molar-refractivity contribution in [2.24, 2.45) is 7.05 Å². The van der Waals surface area contributed by atoms with Gasteiger partial charge in [0.1, 0.15) is 11.6 Å². The minimum Gasteiger partial charge on any atom is -0.497 e. The standard InChI is InChI=1S/C12H16N2O/c1-8(2)12-13-10-7-9(15-4)5-6-11(10)14(12)3/h5-8H,1-4H3. The Morgan fingerprint density at radius 3 is 2.67 bits per heavy atom. The van der Waals surface area contributed by atoms with Gasteiger partial charge in [-0.15, -0.1) is 0 Å². The average Bonchev–Trinajstić information content (AvgIpc) is 2.55. The predicted molar refractivity (Wildman–Crippen MR) is 61.4 cm³/mol. The number of hydrogen-bond donors (Lipinski definition) is 0. The fourth-order valence-corrected chi connectivity index (χ4v) is 1.84. The van der Waals surface area contributed by atoms with Crippen LogP contribution in [0.15, 0.2) is 18.2 Å². The molecule has 0 N–H and O–H groups in total. The van der Waals surface area contributed by atoms with Crippen LogP contribution in [0, 0.1) is 0 Å². The first-order valence-corrected chi connectivity index (χ1v) is 5.14. The predicted octanol–water partition coefficient (Wildman–Crippen LogP) is 2.71. The lowest BCUT2D eigenvalue weighted by molar-refractivity contribution is 0.415. The molecular formula is C12H16N2O. The SMILES string of the molecule is COc1ccc2c(c1)nc(C(C)C)n2C. The molecule has 80 valence electrons. The zero-order valence-electron chi connectivity index (χ0n) is 9.61. The maximum Gasteiger partial charge on any atom is 0.121 e. The van der Waals surface area contributed by atoms with Gasteiger partial charge in [0.25, 0.3) is 0 Å². The summed E-state index contributed by atoms with van der Waals surface area (Å²) in [6.45, 7) is 4.30. The van der Waals surface area contributed by atoms with Crippen molar-refractivity contribution in [3.63, 3.8) is 0 Å². The summed E-state index contributed by atoms with van der Waals surface area (Å²) in [5.74, 6) is 2.41. The first kappa shape index (κ1) is 10.0. The molecule has 1 heterocycles. The van der Waals surface area contributed by atoms with E-state index in [4.69, 9.17) is 4.74 Å². The van der Waals surface area contributed by atoms with E-state index in [-0.39, 0.29) is 0 Å². The van der Waals surface area contributed by atoms with E-state index in [9.17, 15) is 0 Å². The number of imidazole rings is 1. The molecular weight excluding hydrogens is 188 g/mol. The number of benzene rings is 1. The Balaban J connectivity index is 2.65. The van der Waals surface area contributed by atoms with Crippen molar-refractivity contribution in [3.05, 3.63) is 24.0 Å². The van der Waals surface area contributed by atoms with E-state index in [1.807, 2.05) is 18.2 Å². The molecule has 0 aliphatic heterocycles. The fraction of sp³-hybridized carbons (Fsp3) is 0.417. The van der Waals surface area contributed by atoms with Crippen molar-refractivity contribution in [3.8, 4) is 5.75 Å². The normalized spacial score (nSPS) is 11.3. The number of hydrogen-bond acceptors (Lipinski definition) is 2. The molecule has 15 heavy (non-hydrogen) atoms. The molecule has 0 atom stereocenters. The highest BCUT2D eigenvalue weighted by Gasteiger charge is 2.10. The Morgan fingerprint density at radius 2 is 2.07 bits per heavy atom. The van der Waals surface area contributed by atoms with Gasteiger partial charge in [0.2, 0.25) is 0 Å². The van der Waals surface area contributed by atoms with Gasteiger partial charge >= 0.3 is 0 Å². The van der Waals surface area contributed by atoms with Crippen LogP contribution in [0.2, 0.25) is 0 Å². The molecule has 3 nitrogen and oxygen atoms in total. The third-order valence-corrected chi connectivity index (χ3v) is 2.64. The largest absolute Gasteiger partial charge is 0.497 e. The molecule has 0 saturated heterocycles. The zero-order chi connectivity index (χ0) is 11.0. The second-order valence-corrected chi connectivity index (χ2v) is 4.04. The van der Waals surface area contributed by atoms with E-state index in [2.05, 4.69) is 30.4 Å². The highest BCUT2D eigenvalue weighted by molar-refractivity contribution is 5.77. The van der Waals surface area contributed by atoms with Gasteiger partial charge in [-0.1, -0.05) is 13.8 Å². The summed E-state index contributed by atoms with van der Waals surface area (Å²) in [4.78, 5) is 4.60. The Hall–Kier alpha value is -1.51. The Labute approximate surface area is 89.7 Å². The van der Waals surface area contributed by atoms with Gasteiger partial charge in [-0.2, -0.15) is 0 Å². The topological polar surface area (TPSA) is 27.1 Å². The van der Waals surface area contributed by atoms with Crippen molar-refractivity contribution in [2.45, 2.75) is 19.8 Å². The van der Waals surface area contributed by atoms with Crippen LogP contribution >= 0.6 is 0 Å². The van der Waals surface area contributed by atoms with E-state index < -0.39 is 0 Å². The summed E-state index contributed by atoms with van der Waals surface area (Å²) in [7, 11) is 3.73. The fourth-order valence-electron chi connectivity index (χ4n) is 1.84. The van der Waals surface area contributed by atoms with Crippen molar-refractivity contribution in [1.29, 1.82) is 0 Å². The van der Waals surface area contributed by atoms with Crippen LogP contribution in [-0.4, -0.2) is 16.7 Å². The van der Waals surface area contributed by atoms with Crippen molar-refractivity contribution < 1.29 is 4.74 Å². The quantitative estimate of drug-likeness (QED) is 0.752. The van der Waals surface area contributed by atoms with Crippen LogP contribution in [0.25, 0.3) is 11.0 Å². The van der Waals surface area contributed by atoms with E-state index >= 15 is 0 Å². The van der Waals surface area contributed by atoms with E-state index in [1.54, 1.807) is 7.11 Å². The van der Waals surface area contributed by atoms with E-state index in [0.29, 0.717) is 5.92 Å². The molecule has 0 bridgehead atoms. The van der Waals surface area contributed by atoms with E-state index in [1.165, 1.54) is 0 Å². The summed E-state index contributed by atoms with van der Waals surface area (Å²) in [5.41, 5.74) is 2.15. The molecule has 1 aromatic carbocycles. The Morgan fingerprint density at radius 1 is 1.33 bits per heavy atom. The lowest BCUT2D eigenvalue weighted by atomic mass is 10.2. The summed E-state index contributed by atoms with van der Waals surface area (Å²) in [5, 5.41) is 0. The van der Waals surface area contributed by atoms with Gasteiger partial charge < -0.3 is 9.30 Å². The van der Waals surface area contributed by atoms with Gasteiger partial charge in [-0.05, 0) is 12.1 Å². The number of methoxy groups -OCH3 is 1. The summed E-state index contributed by atoms with van der Waals surface area (Å²) in [6.07, 6.45) is 0. The van der Waals surface area contributed by atoms with Crippen molar-refractivity contribution >= 4 is 11.0 Å². The maximum absolute atomic E-state index is 5.18. The number of ether oxygens (including phenoxy) is 1. The summed E-state index contributed by atoms with van der Waals surface area (Å²) in [6, 6.07) is 5.99. The summed E-state index contributed by atoms with van der Waals surface area (Å²) < 4.78 is 7.32. The molecule has 0 unspecified atom stereocenters. The number of aryl methyl sites for hydroxylation is 1. The van der Waals surface area contributed by atoms with Crippen LogP contribution in [0.4, 0.5) is 0 Å². The lowest BCUT2D eigenvalue weighted by Gasteiger charge is -2.04. The molecule has 3 heteroatoms. The van der Waals surface area contributed by atoms with Gasteiger partial charge in [-0.3, -0.25) is 0 Å². The first-order valence-electron chi connectivity index (χ1n) is 5.14. The number of nitrogens with zero attached hydrogens (tertiary/aromatic N) is 2. The first-order chi connectivity index (χ1) is 7.13. The maximum atomic E-state index is 5.18. The highest BCUT2D eigenvalue weighted by Crippen LogP contribution is 2.23. The Kier molecular flexibility index (Phi) is 2.39. The minimum absolute atomic E-state index is 0.438. The lowest BCUT2D eigenvalue weighted by Crippen LogP contribution is -1.99. The van der Waals surface area contributed by atoms with Crippen LogP contribution in [0.1, 0.15) is 25.6 Å². The van der Waals surface area contributed by atoms with Crippen LogP contribution < -0.4 is 4.74 Å². The van der Waals surface area contributed by atoms with Crippen molar-refractivity contribution in [2.75, 3.05) is 7.11 Å². The molecule has 1 aromatic heterocycles. The van der Waals surface area contributed by atoms with Crippen LogP contribution in [0.3, 0.4) is 0 Å². The molecule has 0 saturated carbocycles. The smallest absolute Gasteiger partial charge is 0.121 e.